The quantitative estimate of drug-likeness (QED) is 0.817. The Morgan fingerprint density at radius 3 is 2.60 bits per heavy atom. The Balaban J connectivity index is 2.05. The number of rotatable bonds is 5. The number of aromatic nitrogens is 1. The van der Waals surface area contributed by atoms with Crippen molar-refractivity contribution >= 4 is 5.91 Å². The predicted octanol–water partition coefficient (Wildman–Crippen LogP) is 1.49. The number of carbonyl (C=O) groups is 1. The van der Waals surface area contributed by atoms with Gasteiger partial charge in [0.2, 0.25) is 0 Å². The largest absolute Gasteiger partial charge is 0.301 e. The normalized spacial score (nSPS) is 17.1. The number of likely N-dealkylation sites (N-methyl/N-ethyl adjacent to an activating group) is 1. The van der Waals surface area contributed by atoms with E-state index in [1.807, 2.05) is 17.1 Å². The number of amides is 1. The zero-order valence-electron chi connectivity index (χ0n) is 12.5. The van der Waals surface area contributed by atoms with Gasteiger partial charge in [-0.15, -0.1) is 0 Å². The summed E-state index contributed by atoms with van der Waals surface area (Å²) >= 11 is 0. The van der Waals surface area contributed by atoms with Crippen LogP contribution in [0, 0.1) is 0 Å². The van der Waals surface area contributed by atoms with Crippen molar-refractivity contribution in [2.24, 2.45) is 0 Å². The minimum atomic E-state index is 0.0601. The van der Waals surface area contributed by atoms with Crippen molar-refractivity contribution < 1.29 is 4.79 Å². The van der Waals surface area contributed by atoms with Crippen molar-refractivity contribution in [3.05, 3.63) is 30.1 Å². The molecule has 1 saturated heterocycles. The van der Waals surface area contributed by atoms with E-state index in [1.165, 1.54) is 0 Å². The van der Waals surface area contributed by atoms with E-state index in [0.717, 1.165) is 45.7 Å². The minimum absolute atomic E-state index is 0.0601. The molecular formula is C15H24N4O. The third kappa shape index (κ3) is 3.55. The van der Waals surface area contributed by atoms with Gasteiger partial charge in [0.25, 0.3) is 5.91 Å². The Morgan fingerprint density at radius 2 is 2.05 bits per heavy atom. The zero-order chi connectivity index (χ0) is 14.4. The van der Waals surface area contributed by atoms with E-state index in [2.05, 4.69) is 28.7 Å². The summed E-state index contributed by atoms with van der Waals surface area (Å²) in [5.74, 6) is 0.0601. The standard InChI is InChI=1S/C15H24N4O/c1-3-8-19(15(20)14-6-5-7-16-13-14)18-11-9-17(4-2)10-12-18/h5-7,13H,3-4,8-12H2,1-2H3. The topological polar surface area (TPSA) is 39.7 Å². The Bertz CT molecular complexity index is 415. The second-order valence-electron chi connectivity index (χ2n) is 5.06. The molecule has 1 aliphatic rings. The molecule has 0 aliphatic carbocycles. The highest BCUT2D eigenvalue weighted by molar-refractivity contribution is 5.93. The van der Waals surface area contributed by atoms with E-state index in [0.29, 0.717) is 5.56 Å². The lowest BCUT2D eigenvalue weighted by atomic mass is 10.2. The molecule has 0 unspecified atom stereocenters. The van der Waals surface area contributed by atoms with Crippen LogP contribution in [0.15, 0.2) is 24.5 Å². The van der Waals surface area contributed by atoms with Gasteiger partial charge in [-0.2, -0.15) is 0 Å². The number of nitrogens with zero attached hydrogens (tertiary/aromatic N) is 4. The molecule has 0 bridgehead atoms. The van der Waals surface area contributed by atoms with Crippen LogP contribution in [0.4, 0.5) is 0 Å². The molecule has 1 fully saturated rings. The molecule has 1 aliphatic heterocycles. The maximum absolute atomic E-state index is 12.6. The molecule has 0 N–H and O–H groups in total. The number of hydrogen-bond acceptors (Lipinski definition) is 4. The predicted molar refractivity (Wildman–Crippen MR) is 79.3 cm³/mol. The van der Waals surface area contributed by atoms with E-state index >= 15 is 0 Å². The van der Waals surface area contributed by atoms with E-state index < -0.39 is 0 Å². The first kappa shape index (κ1) is 14.9. The molecular weight excluding hydrogens is 252 g/mol. The molecule has 110 valence electrons. The van der Waals surface area contributed by atoms with Gasteiger partial charge in [0.05, 0.1) is 5.56 Å². The van der Waals surface area contributed by atoms with Gasteiger partial charge in [0.1, 0.15) is 0 Å². The third-order valence-electron chi connectivity index (χ3n) is 3.72. The number of hydrogen-bond donors (Lipinski definition) is 0. The minimum Gasteiger partial charge on any atom is -0.301 e. The van der Waals surface area contributed by atoms with Crippen LogP contribution < -0.4 is 0 Å². The van der Waals surface area contributed by atoms with Crippen LogP contribution in [0.25, 0.3) is 0 Å². The van der Waals surface area contributed by atoms with Crippen LogP contribution in [0.5, 0.6) is 0 Å². The lowest BCUT2D eigenvalue weighted by Gasteiger charge is -2.40. The molecule has 0 radical (unpaired) electrons. The summed E-state index contributed by atoms with van der Waals surface area (Å²) < 4.78 is 0. The summed E-state index contributed by atoms with van der Waals surface area (Å²) in [6.45, 7) is 10.0. The van der Waals surface area contributed by atoms with E-state index in [1.54, 1.807) is 12.4 Å². The average molecular weight is 276 g/mol. The van der Waals surface area contributed by atoms with Crippen LogP contribution in [-0.4, -0.2) is 65.1 Å². The van der Waals surface area contributed by atoms with Crippen molar-refractivity contribution in [2.75, 3.05) is 39.3 Å². The molecule has 0 saturated carbocycles. The molecule has 20 heavy (non-hydrogen) atoms. The highest BCUT2D eigenvalue weighted by Gasteiger charge is 2.25. The second kappa shape index (κ2) is 7.36. The van der Waals surface area contributed by atoms with Crippen molar-refractivity contribution in [3.63, 3.8) is 0 Å². The third-order valence-corrected chi connectivity index (χ3v) is 3.72. The number of pyridine rings is 1. The van der Waals surface area contributed by atoms with Gasteiger partial charge in [0.15, 0.2) is 0 Å². The summed E-state index contributed by atoms with van der Waals surface area (Å²) in [5, 5.41) is 4.08. The first-order valence-electron chi connectivity index (χ1n) is 7.45. The summed E-state index contributed by atoms with van der Waals surface area (Å²) in [7, 11) is 0. The fourth-order valence-electron chi connectivity index (χ4n) is 2.52. The SMILES string of the molecule is CCCN(C(=O)c1cccnc1)N1CCN(CC)CC1. The molecule has 0 spiro atoms. The van der Waals surface area contributed by atoms with Gasteiger partial charge < -0.3 is 4.90 Å². The van der Waals surface area contributed by atoms with Crippen molar-refractivity contribution in [1.82, 2.24) is 19.9 Å². The van der Waals surface area contributed by atoms with E-state index in [9.17, 15) is 4.79 Å². The summed E-state index contributed by atoms with van der Waals surface area (Å²) in [4.78, 5) is 19.1. The van der Waals surface area contributed by atoms with Crippen LogP contribution in [0.3, 0.4) is 0 Å². The lowest BCUT2D eigenvalue weighted by molar-refractivity contribution is -0.0367. The monoisotopic (exact) mass is 276 g/mol. The van der Waals surface area contributed by atoms with Gasteiger partial charge >= 0.3 is 0 Å². The van der Waals surface area contributed by atoms with Gasteiger partial charge in [-0.3, -0.25) is 14.8 Å². The molecule has 1 aromatic rings. The fourth-order valence-corrected chi connectivity index (χ4v) is 2.52. The highest BCUT2D eigenvalue weighted by atomic mass is 16.2. The van der Waals surface area contributed by atoms with Gasteiger partial charge in [-0.05, 0) is 25.1 Å². The van der Waals surface area contributed by atoms with Crippen molar-refractivity contribution in [1.29, 1.82) is 0 Å². The molecule has 1 amide bonds. The van der Waals surface area contributed by atoms with Crippen LogP contribution in [-0.2, 0) is 0 Å². The van der Waals surface area contributed by atoms with Crippen LogP contribution in [0.2, 0.25) is 0 Å². The molecule has 2 heterocycles. The summed E-state index contributed by atoms with van der Waals surface area (Å²) in [5.41, 5.74) is 0.666. The summed E-state index contributed by atoms with van der Waals surface area (Å²) in [6, 6.07) is 3.65. The Kier molecular flexibility index (Phi) is 5.49. The van der Waals surface area contributed by atoms with E-state index in [4.69, 9.17) is 0 Å². The van der Waals surface area contributed by atoms with Crippen LogP contribution >= 0.6 is 0 Å². The fraction of sp³-hybridized carbons (Fsp3) is 0.600. The highest BCUT2D eigenvalue weighted by Crippen LogP contribution is 2.11. The van der Waals surface area contributed by atoms with Crippen molar-refractivity contribution in [2.45, 2.75) is 20.3 Å². The zero-order valence-corrected chi connectivity index (χ0v) is 12.5. The van der Waals surface area contributed by atoms with Gasteiger partial charge in [0, 0.05) is 45.1 Å². The average Bonchev–Trinajstić information content (AvgIpc) is 2.53. The second-order valence-corrected chi connectivity index (χ2v) is 5.06. The van der Waals surface area contributed by atoms with Gasteiger partial charge in [-0.1, -0.05) is 13.8 Å². The molecule has 1 aromatic heterocycles. The maximum atomic E-state index is 12.6. The Labute approximate surface area is 121 Å². The number of piperazine rings is 1. The molecule has 2 rings (SSSR count). The first-order chi connectivity index (χ1) is 9.76. The first-order valence-corrected chi connectivity index (χ1v) is 7.45. The van der Waals surface area contributed by atoms with Crippen molar-refractivity contribution in [3.8, 4) is 0 Å². The molecule has 0 atom stereocenters. The van der Waals surface area contributed by atoms with E-state index in [-0.39, 0.29) is 5.91 Å². The summed E-state index contributed by atoms with van der Waals surface area (Å²) in [6.07, 6.45) is 4.30. The Hall–Kier alpha value is -1.46. The maximum Gasteiger partial charge on any atom is 0.269 e. The molecule has 0 aromatic carbocycles. The van der Waals surface area contributed by atoms with Gasteiger partial charge in [-0.25, -0.2) is 5.01 Å². The number of hydrazine groups is 1. The molecule has 5 heteroatoms. The Morgan fingerprint density at radius 1 is 1.30 bits per heavy atom. The lowest BCUT2D eigenvalue weighted by Crippen LogP contribution is -2.55. The molecule has 5 nitrogen and oxygen atoms in total. The van der Waals surface area contributed by atoms with Crippen LogP contribution in [0.1, 0.15) is 30.6 Å². The number of carbonyl (C=O) groups excluding carboxylic acids is 1. The smallest absolute Gasteiger partial charge is 0.269 e.